The number of nitrogen functional groups attached to an aromatic ring is 1. The van der Waals surface area contributed by atoms with Gasteiger partial charge in [-0.15, -0.1) is 5.10 Å². The Morgan fingerprint density at radius 2 is 2.13 bits per heavy atom. The molecule has 0 amide bonds. The third-order valence-corrected chi connectivity index (χ3v) is 3.64. The lowest BCUT2D eigenvalue weighted by molar-refractivity contribution is 0.0176. The first-order chi connectivity index (χ1) is 10.8. The smallest absolute Gasteiger partial charge is 0.272 e. The van der Waals surface area contributed by atoms with Crippen LogP contribution in [0.5, 0.6) is 0 Å². The van der Waals surface area contributed by atoms with Gasteiger partial charge in [-0.05, 0) is 18.2 Å². The van der Waals surface area contributed by atoms with Crippen LogP contribution in [0, 0.1) is 0 Å². The summed E-state index contributed by atoms with van der Waals surface area (Å²) >= 11 is 5.84. The van der Waals surface area contributed by atoms with E-state index in [4.69, 9.17) is 17.3 Å². The number of imidazole rings is 1. The van der Waals surface area contributed by atoms with E-state index in [1.807, 2.05) is 0 Å². The number of hydrogen-bond donors (Lipinski definition) is 1. The molecule has 0 aliphatic rings. The molecule has 6 nitrogen and oxygen atoms in total. The second-order valence-electron chi connectivity index (χ2n) is 5.12. The van der Waals surface area contributed by atoms with Gasteiger partial charge in [0, 0.05) is 29.9 Å². The standard InChI is InChI=1S/C14H13ClF2N6/c1-14(16,17)11-6-10(2-3-12(11)15)23-8-9(20-21-23)7-22-5-4-19-13(22)18/h2-6,8H,7H2,1H3,(H2,18,19). The van der Waals surface area contributed by atoms with Crippen molar-refractivity contribution >= 4 is 17.5 Å². The molecule has 23 heavy (non-hydrogen) atoms. The minimum absolute atomic E-state index is 0.00720. The number of alkyl halides is 2. The molecule has 2 N–H and O–H groups in total. The van der Waals surface area contributed by atoms with Crippen molar-refractivity contribution in [2.75, 3.05) is 5.73 Å². The van der Waals surface area contributed by atoms with Crippen LogP contribution in [0.4, 0.5) is 14.7 Å². The second-order valence-corrected chi connectivity index (χ2v) is 5.53. The molecule has 0 unspecified atom stereocenters. The predicted molar refractivity (Wildman–Crippen MR) is 81.7 cm³/mol. The van der Waals surface area contributed by atoms with Crippen LogP contribution in [0.25, 0.3) is 5.69 Å². The van der Waals surface area contributed by atoms with Gasteiger partial charge in [-0.1, -0.05) is 16.8 Å². The number of aromatic nitrogens is 5. The molecule has 2 heterocycles. The Morgan fingerprint density at radius 1 is 1.35 bits per heavy atom. The van der Waals surface area contributed by atoms with Gasteiger partial charge in [-0.2, -0.15) is 0 Å². The summed E-state index contributed by atoms with van der Waals surface area (Å²) in [5.74, 6) is -2.68. The van der Waals surface area contributed by atoms with Gasteiger partial charge in [0.1, 0.15) is 5.69 Å². The zero-order valence-corrected chi connectivity index (χ0v) is 12.9. The van der Waals surface area contributed by atoms with E-state index in [0.717, 1.165) is 6.92 Å². The molecular weight excluding hydrogens is 326 g/mol. The summed E-state index contributed by atoms with van der Waals surface area (Å²) in [7, 11) is 0. The third kappa shape index (κ3) is 3.16. The van der Waals surface area contributed by atoms with Crippen molar-refractivity contribution in [2.24, 2.45) is 0 Å². The summed E-state index contributed by atoms with van der Waals surface area (Å²) in [6, 6.07) is 4.31. The number of halogens is 3. The molecule has 120 valence electrons. The Hall–Kier alpha value is -2.48. The highest BCUT2D eigenvalue weighted by atomic mass is 35.5. The highest BCUT2D eigenvalue weighted by molar-refractivity contribution is 6.31. The van der Waals surface area contributed by atoms with Crippen molar-refractivity contribution in [1.29, 1.82) is 0 Å². The van der Waals surface area contributed by atoms with Crippen LogP contribution >= 0.6 is 11.6 Å². The molecule has 0 bridgehead atoms. The van der Waals surface area contributed by atoms with E-state index in [9.17, 15) is 8.78 Å². The van der Waals surface area contributed by atoms with Crippen LogP contribution in [0.15, 0.2) is 36.8 Å². The van der Waals surface area contributed by atoms with Gasteiger partial charge in [-0.25, -0.2) is 18.4 Å². The molecule has 3 aromatic rings. The summed E-state index contributed by atoms with van der Waals surface area (Å²) in [4.78, 5) is 3.91. The van der Waals surface area contributed by atoms with Gasteiger partial charge in [0.25, 0.3) is 5.92 Å². The number of nitrogens with two attached hydrogens (primary N) is 1. The topological polar surface area (TPSA) is 74.5 Å². The fraction of sp³-hybridized carbons (Fsp3) is 0.214. The summed E-state index contributed by atoms with van der Waals surface area (Å²) < 4.78 is 30.2. The third-order valence-electron chi connectivity index (χ3n) is 3.31. The van der Waals surface area contributed by atoms with E-state index in [-0.39, 0.29) is 10.6 Å². The summed E-state index contributed by atoms with van der Waals surface area (Å²) in [6.07, 6.45) is 4.93. The molecular formula is C14H13ClF2N6. The van der Waals surface area contributed by atoms with Crippen molar-refractivity contribution in [3.63, 3.8) is 0 Å². The van der Waals surface area contributed by atoms with E-state index in [1.54, 1.807) is 29.2 Å². The van der Waals surface area contributed by atoms with Crippen molar-refractivity contribution in [3.8, 4) is 5.69 Å². The fourth-order valence-electron chi connectivity index (χ4n) is 2.14. The van der Waals surface area contributed by atoms with Crippen molar-refractivity contribution in [3.05, 3.63) is 53.1 Å². The van der Waals surface area contributed by atoms with Gasteiger partial charge < -0.3 is 10.3 Å². The monoisotopic (exact) mass is 338 g/mol. The minimum Gasteiger partial charge on any atom is -0.369 e. The highest BCUT2D eigenvalue weighted by Gasteiger charge is 2.27. The molecule has 0 saturated carbocycles. The Kier molecular flexibility index (Phi) is 3.77. The Bertz CT molecular complexity index is 836. The lowest BCUT2D eigenvalue weighted by atomic mass is 10.1. The normalized spacial score (nSPS) is 11.8. The molecule has 0 spiro atoms. The Balaban J connectivity index is 1.90. The Labute approximate surface area is 135 Å². The summed E-state index contributed by atoms with van der Waals surface area (Å²) in [5, 5.41) is 7.97. The van der Waals surface area contributed by atoms with Crippen LogP contribution in [0.1, 0.15) is 18.2 Å². The lowest BCUT2D eigenvalue weighted by Crippen LogP contribution is -2.09. The van der Waals surface area contributed by atoms with Gasteiger partial charge >= 0.3 is 0 Å². The largest absolute Gasteiger partial charge is 0.369 e. The lowest BCUT2D eigenvalue weighted by Gasteiger charge is -2.13. The van der Waals surface area contributed by atoms with Gasteiger partial charge in [0.05, 0.1) is 18.4 Å². The maximum Gasteiger partial charge on any atom is 0.272 e. The minimum atomic E-state index is -3.04. The van der Waals surface area contributed by atoms with E-state index in [0.29, 0.717) is 23.9 Å². The Morgan fingerprint density at radius 3 is 2.78 bits per heavy atom. The van der Waals surface area contributed by atoms with Crippen LogP contribution in [0.2, 0.25) is 5.02 Å². The molecule has 0 saturated heterocycles. The number of benzene rings is 1. The highest BCUT2D eigenvalue weighted by Crippen LogP contribution is 2.34. The molecule has 0 aliphatic carbocycles. The molecule has 9 heteroatoms. The average molecular weight is 339 g/mol. The first-order valence-corrected chi connectivity index (χ1v) is 7.08. The van der Waals surface area contributed by atoms with E-state index in [2.05, 4.69) is 15.3 Å². The molecule has 0 fully saturated rings. The number of nitrogens with zero attached hydrogens (tertiary/aromatic N) is 5. The van der Waals surface area contributed by atoms with Gasteiger partial charge in [-0.3, -0.25) is 0 Å². The number of rotatable bonds is 4. The zero-order valence-electron chi connectivity index (χ0n) is 12.1. The molecule has 0 aliphatic heterocycles. The van der Waals surface area contributed by atoms with Crippen LogP contribution in [-0.4, -0.2) is 24.5 Å². The van der Waals surface area contributed by atoms with Crippen molar-refractivity contribution in [1.82, 2.24) is 24.5 Å². The molecule has 3 rings (SSSR count). The van der Waals surface area contributed by atoms with Gasteiger partial charge in [0.2, 0.25) is 0 Å². The van der Waals surface area contributed by atoms with Crippen molar-refractivity contribution < 1.29 is 8.78 Å². The van der Waals surface area contributed by atoms with Crippen molar-refractivity contribution in [2.45, 2.75) is 19.4 Å². The first kappa shape index (κ1) is 15.4. The summed E-state index contributed by atoms with van der Waals surface area (Å²) in [6.45, 7) is 1.18. The van der Waals surface area contributed by atoms with Crippen LogP contribution in [-0.2, 0) is 12.5 Å². The van der Waals surface area contributed by atoms with E-state index >= 15 is 0 Å². The van der Waals surface area contributed by atoms with Crippen LogP contribution < -0.4 is 5.73 Å². The molecule has 0 radical (unpaired) electrons. The predicted octanol–water partition coefficient (Wildman–Crippen LogP) is 2.86. The number of hydrogen-bond acceptors (Lipinski definition) is 4. The fourth-order valence-corrected chi connectivity index (χ4v) is 2.42. The quantitative estimate of drug-likeness (QED) is 0.793. The first-order valence-electron chi connectivity index (χ1n) is 6.70. The summed E-state index contributed by atoms with van der Waals surface area (Å²) in [5.41, 5.74) is 6.50. The molecule has 2 aromatic heterocycles. The second kappa shape index (κ2) is 5.62. The van der Waals surface area contributed by atoms with E-state index in [1.165, 1.54) is 16.8 Å². The zero-order chi connectivity index (χ0) is 16.6. The van der Waals surface area contributed by atoms with E-state index < -0.39 is 5.92 Å². The molecule has 1 aromatic carbocycles. The average Bonchev–Trinajstić information content (AvgIpc) is 3.09. The van der Waals surface area contributed by atoms with Crippen LogP contribution in [0.3, 0.4) is 0 Å². The molecule has 0 atom stereocenters. The maximum atomic E-state index is 13.6. The maximum absolute atomic E-state index is 13.6. The van der Waals surface area contributed by atoms with Gasteiger partial charge in [0.15, 0.2) is 5.95 Å². The number of anilines is 1. The SMILES string of the molecule is CC(F)(F)c1cc(-n2cc(Cn3ccnc3N)nn2)ccc1Cl.